The smallest absolute Gasteiger partial charge is 0.315 e. The van der Waals surface area contributed by atoms with Crippen molar-refractivity contribution in [3.63, 3.8) is 0 Å². The molecule has 0 saturated carbocycles. The summed E-state index contributed by atoms with van der Waals surface area (Å²) in [6.45, 7) is 1.98. The van der Waals surface area contributed by atoms with Crippen LogP contribution in [0.5, 0.6) is 0 Å². The summed E-state index contributed by atoms with van der Waals surface area (Å²) in [5, 5.41) is 7.82. The molecule has 3 heteroatoms. The topological polar surface area (TPSA) is 41.1 Å². The quantitative estimate of drug-likeness (QED) is 0.815. The van der Waals surface area contributed by atoms with Gasteiger partial charge in [0.2, 0.25) is 0 Å². The first kappa shape index (κ1) is 11.5. The second-order valence-electron chi connectivity index (χ2n) is 4.01. The number of carbonyl (C=O) groups excluding carboxylic acids is 1. The SMILES string of the molecule is CNC(=O)N[C@H](C)c1cccc2ccccc12. The van der Waals surface area contributed by atoms with Gasteiger partial charge in [0.1, 0.15) is 0 Å². The Kier molecular flexibility index (Phi) is 3.28. The molecule has 0 saturated heterocycles. The summed E-state index contributed by atoms with van der Waals surface area (Å²) in [6.07, 6.45) is 0. The molecule has 0 radical (unpaired) electrons. The molecule has 0 aliphatic carbocycles. The molecule has 1 atom stereocenters. The van der Waals surface area contributed by atoms with E-state index in [2.05, 4.69) is 28.8 Å². The number of amides is 2. The van der Waals surface area contributed by atoms with Crippen molar-refractivity contribution in [3.8, 4) is 0 Å². The van der Waals surface area contributed by atoms with Gasteiger partial charge in [-0.3, -0.25) is 0 Å². The molecule has 2 aromatic carbocycles. The molecular formula is C14H16N2O. The van der Waals surface area contributed by atoms with Gasteiger partial charge in [0.05, 0.1) is 6.04 Å². The fraction of sp³-hybridized carbons (Fsp3) is 0.214. The van der Waals surface area contributed by atoms with Gasteiger partial charge in [0, 0.05) is 7.05 Å². The number of hydrogen-bond acceptors (Lipinski definition) is 1. The highest BCUT2D eigenvalue weighted by Crippen LogP contribution is 2.23. The Morgan fingerprint density at radius 3 is 2.59 bits per heavy atom. The Labute approximate surface area is 101 Å². The van der Waals surface area contributed by atoms with E-state index < -0.39 is 0 Å². The molecule has 0 aliphatic heterocycles. The third kappa shape index (κ3) is 2.38. The lowest BCUT2D eigenvalue weighted by molar-refractivity contribution is 0.240. The zero-order chi connectivity index (χ0) is 12.3. The monoisotopic (exact) mass is 228 g/mol. The maximum Gasteiger partial charge on any atom is 0.315 e. The van der Waals surface area contributed by atoms with Gasteiger partial charge < -0.3 is 10.6 Å². The summed E-state index contributed by atoms with van der Waals surface area (Å²) >= 11 is 0. The zero-order valence-electron chi connectivity index (χ0n) is 10.0. The highest BCUT2D eigenvalue weighted by atomic mass is 16.2. The average Bonchev–Trinajstić information content (AvgIpc) is 2.37. The molecule has 2 aromatic rings. The summed E-state index contributed by atoms with van der Waals surface area (Å²) in [4.78, 5) is 11.3. The van der Waals surface area contributed by atoms with Gasteiger partial charge in [-0.15, -0.1) is 0 Å². The Balaban J connectivity index is 2.38. The molecule has 0 bridgehead atoms. The largest absolute Gasteiger partial charge is 0.341 e. The van der Waals surface area contributed by atoms with Crippen LogP contribution in [0.25, 0.3) is 10.8 Å². The van der Waals surface area contributed by atoms with Gasteiger partial charge in [0.25, 0.3) is 0 Å². The normalized spacial score (nSPS) is 12.1. The van der Waals surface area contributed by atoms with Crippen molar-refractivity contribution in [2.45, 2.75) is 13.0 Å². The first-order valence-electron chi connectivity index (χ1n) is 5.68. The van der Waals surface area contributed by atoms with Crippen LogP contribution in [0.2, 0.25) is 0 Å². The number of carbonyl (C=O) groups is 1. The molecule has 17 heavy (non-hydrogen) atoms. The molecule has 3 nitrogen and oxygen atoms in total. The van der Waals surface area contributed by atoms with Crippen LogP contribution in [0.1, 0.15) is 18.5 Å². The fourth-order valence-electron chi connectivity index (χ4n) is 1.97. The van der Waals surface area contributed by atoms with E-state index in [9.17, 15) is 4.79 Å². The highest BCUT2D eigenvalue weighted by Gasteiger charge is 2.10. The van der Waals surface area contributed by atoms with Gasteiger partial charge in [-0.25, -0.2) is 4.79 Å². The van der Waals surface area contributed by atoms with Crippen LogP contribution in [0, 0.1) is 0 Å². The van der Waals surface area contributed by atoms with E-state index in [-0.39, 0.29) is 12.1 Å². The molecule has 0 aromatic heterocycles. The number of urea groups is 1. The molecule has 2 N–H and O–H groups in total. The van der Waals surface area contributed by atoms with Crippen molar-refractivity contribution in [1.29, 1.82) is 0 Å². The van der Waals surface area contributed by atoms with Crippen molar-refractivity contribution in [2.24, 2.45) is 0 Å². The van der Waals surface area contributed by atoms with E-state index in [1.54, 1.807) is 7.05 Å². The van der Waals surface area contributed by atoms with Crippen LogP contribution in [0.3, 0.4) is 0 Å². The number of rotatable bonds is 2. The summed E-state index contributed by atoms with van der Waals surface area (Å²) in [5.74, 6) is 0. The first-order valence-corrected chi connectivity index (χ1v) is 5.68. The van der Waals surface area contributed by atoms with E-state index in [1.807, 2.05) is 31.2 Å². The van der Waals surface area contributed by atoms with Gasteiger partial charge in [-0.1, -0.05) is 42.5 Å². The van der Waals surface area contributed by atoms with E-state index in [0.29, 0.717) is 0 Å². The van der Waals surface area contributed by atoms with Gasteiger partial charge in [-0.2, -0.15) is 0 Å². The van der Waals surface area contributed by atoms with Gasteiger partial charge in [0.15, 0.2) is 0 Å². The maximum atomic E-state index is 11.3. The third-order valence-electron chi connectivity index (χ3n) is 2.86. The summed E-state index contributed by atoms with van der Waals surface area (Å²) < 4.78 is 0. The van der Waals surface area contributed by atoms with Crippen molar-refractivity contribution in [1.82, 2.24) is 10.6 Å². The molecule has 0 unspecified atom stereocenters. The molecule has 88 valence electrons. The Morgan fingerprint density at radius 2 is 1.82 bits per heavy atom. The minimum absolute atomic E-state index is 0.0129. The summed E-state index contributed by atoms with van der Waals surface area (Å²) in [5.41, 5.74) is 1.13. The molecular weight excluding hydrogens is 212 g/mol. The molecule has 0 heterocycles. The first-order chi connectivity index (χ1) is 8.22. The zero-order valence-corrected chi connectivity index (χ0v) is 10.0. The predicted molar refractivity (Wildman–Crippen MR) is 70.0 cm³/mol. The van der Waals surface area contributed by atoms with Crippen molar-refractivity contribution in [3.05, 3.63) is 48.0 Å². The average molecular weight is 228 g/mol. The summed E-state index contributed by atoms with van der Waals surface area (Å²) in [6, 6.07) is 14.1. The van der Waals surface area contributed by atoms with Crippen LogP contribution in [0.15, 0.2) is 42.5 Å². The lowest BCUT2D eigenvalue weighted by atomic mass is 10.00. The summed E-state index contributed by atoms with van der Waals surface area (Å²) in [7, 11) is 1.62. The lowest BCUT2D eigenvalue weighted by Gasteiger charge is -2.16. The molecule has 0 fully saturated rings. The Morgan fingerprint density at radius 1 is 1.12 bits per heavy atom. The van der Waals surface area contributed by atoms with Crippen molar-refractivity contribution < 1.29 is 4.79 Å². The van der Waals surface area contributed by atoms with Crippen LogP contribution in [-0.4, -0.2) is 13.1 Å². The van der Waals surface area contributed by atoms with Gasteiger partial charge >= 0.3 is 6.03 Å². The minimum atomic E-state index is -0.162. The third-order valence-corrected chi connectivity index (χ3v) is 2.86. The fourth-order valence-corrected chi connectivity index (χ4v) is 1.97. The minimum Gasteiger partial charge on any atom is -0.341 e. The number of nitrogens with one attached hydrogen (secondary N) is 2. The molecule has 0 aliphatic rings. The van der Waals surface area contributed by atoms with Crippen molar-refractivity contribution >= 4 is 16.8 Å². The highest BCUT2D eigenvalue weighted by molar-refractivity contribution is 5.86. The number of benzene rings is 2. The number of fused-ring (bicyclic) bond motifs is 1. The van der Waals surface area contributed by atoms with Crippen LogP contribution in [-0.2, 0) is 0 Å². The molecule has 2 rings (SSSR count). The van der Waals surface area contributed by atoms with E-state index in [0.717, 1.165) is 5.56 Å². The Hall–Kier alpha value is -2.03. The molecule has 2 amide bonds. The molecule has 0 spiro atoms. The van der Waals surface area contributed by atoms with E-state index in [4.69, 9.17) is 0 Å². The predicted octanol–water partition coefficient (Wildman–Crippen LogP) is 2.83. The van der Waals surface area contributed by atoms with E-state index >= 15 is 0 Å². The van der Waals surface area contributed by atoms with Gasteiger partial charge in [-0.05, 0) is 23.3 Å². The van der Waals surface area contributed by atoms with E-state index in [1.165, 1.54) is 10.8 Å². The second kappa shape index (κ2) is 4.87. The van der Waals surface area contributed by atoms with Crippen LogP contribution in [0.4, 0.5) is 4.79 Å². The Bertz CT molecular complexity index is 531. The lowest BCUT2D eigenvalue weighted by Crippen LogP contribution is -2.34. The number of hydrogen-bond donors (Lipinski definition) is 2. The van der Waals surface area contributed by atoms with Crippen LogP contribution >= 0.6 is 0 Å². The maximum absolute atomic E-state index is 11.3. The second-order valence-corrected chi connectivity index (χ2v) is 4.01. The standard InChI is InChI=1S/C14H16N2O/c1-10(16-14(17)15-2)12-9-5-7-11-6-3-4-8-13(11)12/h3-10H,1-2H3,(H2,15,16,17)/t10-/m1/s1. The van der Waals surface area contributed by atoms with Crippen molar-refractivity contribution in [2.75, 3.05) is 7.05 Å². The van der Waals surface area contributed by atoms with Crippen LogP contribution < -0.4 is 10.6 Å².